The first-order chi connectivity index (χ1) is 6.06. The van der Waals surface area contributed by atoms with Gasteiger partial charge in [-0.05, 0) is 15.9 Å². The second-order valence-corrected chi connectivity index (χ2v) is 3.04. The third-order valence-electron chi connectivity index (χ3n) is 1.37. The van der Waals surface area contributed by atoms with Crippen molar-refractivity contribution in [3.05, 3.63) is 32.2 Å². The summed E-state index contributed by atoms with van der Waals surface area (Å²) in [5.74, 6) is 0. The Morgan fingerprint density at radius 3 is 2.69 bits per heavy atom. The summed E-state index contributed by atoms with van der Waals surface area (Å²) >= 11 is 2.89. The Morgan fingerprint density at radius 1 is 1.62 bits per heavy atom. The van der Waals surface area contributed by atoms with E-state index in [4.69, 9.17) is 5.26 Å². The van der Waals surface area contributed by atoms with Gasteiger partial charge in [0.1, 0.15) is 11.8 Å². The van der Waals surface area contributed by atoms with Crippen LogP contribution >= 0.6 is 15.9 Å². The van der Waals surface area contributed by atoms with Crippen molar-refractivity contribution in [3.63, 3.8) is 0 Å². The molecule has 0 radical (unpaired) electrons. The smallest absolute Gasteiger partial charge is 0.270 e. The molecule has 0 unspecified atom stereocenters. The maximum atomic E-state index is 12.2. The molecule has 0 spiro atoms. The Labute approximate surface area is 80.1 Å². The van der Waals surface area contributed by atoms with Gasteiger partial charge >= 0.3 is 0 Å². The van der Waals surface area contributed by atoms with Crippen LogP contribution in [0.4, 0.5) is 8.78 Å². The van der Waals surface area contributed by atoms with Crippen LogP contribution in [0, 0.1) is 11.3 Å². The van der Waals surface area contributed by atoms with Gasteiger partial charge in [0.25, 0.3) is 6.43 Å². The van der Waals surface area contributed by atoms with Gasteiger partial charge in [0, 0.05) is 6.07 Å². The Bertz CT molecular complexity index is 421. The number of aromatic amines is 1. The average Bonchev–Trinajstić information content (AvgIpc) is 2.01. The zero-order chi connectivity index (χ0) is 10.0. The predicted octanol–water partition coefficient (Wildman–Crippen LogP) is 1.95. The van der Waals surface area contributed by atoms with Gasteiger partial charge in [-0.25, -0.2) is 8.78 Å². The lowest BCUT2D eigenvalue weighted by atomic mass is 10.2. The van der Waals surface area contributed by atoms with E-state index in [1.54, 1.807) is 0 Å². The maximum absolute atomic E-state index is 12.2. The summed E-state index contributed by atoms with van der Waals surface area (Å²) < 4.78 is 24.6. The van der Waals surface area contributed by atoms with Gasteiger partial charge < -0.3 is 4.98 Å². The second-order valence-electron chi connectivity index (χ2n) is 2.18. The third-order valence-corrected chi connectivity index (χ3v) is 1.79. The van der Waals surface area contributed by atoms with E-state index in [0.717, 1.165) is 6.07 Å². The van der Waals surface area contributed by atoms with Crippen molar-refractivity contribution in [1.29, 1.82) is 5.26 Å². The normalized spacial score (nSPS) is 10.1. The van der Waals surface area contributed by atoms with Crippen molar-refractivity contribution < 1.29 is 8.78 Å². The molecule has 13 heavy (non-hydrogen) atoms. The minimum absolute atomic E-state index is 0.207. The zero-order valence-corrected chi connectivity index (χ0v) is 7.73. The van der Waals surface area contributed by atoms with Crippen LogP contribution in [0.3, 0.4) is 0 Å². The zero-order valence-electron chi connectivity index (χ0n) is 6.14. The molecular weight excluding hydrogens is 246 g/mol. The maximum Gasteiger partial charge on any atom is 0.270 e. The molecule has 1 N–H and O–H groups in total. The minimum atomic E-state index is -2.94. The summed E-state index contributed by atoms with van der Waals surface area (Å²) in [5.41, 5.74) is -2.04. The monoisotopic (exact) mass is 248 g/mol. The number of aromatic nitrogens is 1. The molecule has 1 aromatic rings. The topological polar surface area (TPSA) is 56.6 Å². The van der Waals surface area contributed by atoms with Gasteiger partial charge in [-0.3, -0.25) is 4.79 Å². The van der Waals surface area contributed by atoms with Crippen LogP contribution in [0.1, 0.15) is 17.7 Å². The van der Waals surface area contributed by atoms with Crippen LogP contribution in [0.2, 0.25) is 0 Å². The molecule has 0 atom stereocenters. The first-order valence-corrected chi connectivity index (χ1v) is 3.96. The molecule has 1 heterocycles. The first-order valence-electron chi connectivity index (χ1n) is 3.17. The molecule has 0 amide bonds. The van der Waals surface area contributed by atoms with Gasteiger partial charge in [-0.1, -0.05) is 0 Å². The van der Waals surface area contributed by atoms with Crippen molar-refractivity contribution in [3.8, 4) is 6.07 Å². The third kappa shape index (κ3) is 1.92. The highest BCUT2D eigenvalue weighted by Gasteiger charge is 2.17. The number of hydrogen-bond acceptors (Lipinski definition) is 2. The van der Waals surface area contributed by atoms with Crippen molar-refractivity contribution in [2.75, 3.05) is 0 Å². The SMILES string of the molecule is N#Cc1[nH]c(Br)cc(=O)c1C(F)F. The predicted molar refractivity (Wildman–Crippen MR) is 44.4 cm³/mol. The Kier molecular flexibility index (Phi) is 2.78. The molecule has 0 saturated heterocycles. The lowest BCUT2D eigenvalue weighted by molar-refractivity contribution is 0.149. The van der Waals surface area contributed by atoms with Crippen LogP contribution in [0.5, 0.6) is 0 Å². The highest BCUT2D eigenvalue weighted by Crippen LogP contribution is 2.18. The van der Waals surface area contributed by atoms with E-state index in [9.17, 15) is 13.6 Å². The van der Waals surface area contributed by atoms with Crippen LogP contribution in [0.15, 0.2) is 15.5 Å². The summed E-state index contributed by atoms with van der Waals surface area (Å²) in [6.07, 6.45) is -2.94. The molecule has 0 aliphatic carbocycles. The van der Waals surface area contributed by atoms with Gasteiger partial charge in [-0.15, -0.1) is 0 Å². The Hall–Kier alpha value is -1.22. The standard InChI is InChI=1S/C7H3BrF2N2O/c8-5-1-4(13)6(7(9)10)3(2-11)12-5/h1,7H,(H,12,13). The van der Waals surface area contributed by atoms with E-state index in [-0.39, 0.29) is 4.60 Å². The van der Waals surface area contributed by atoms with Gasteiger partial charge in [0.2, 0.25) is 0 Å². The number of alkyl halides is 2. The fourth-order valence-electron chi connectivity index (χ4n) is 0.844. The number of nitrogens with zero attached hydrogens (tertiary/aromatic N) is 1. The molecule has 0 bridgehead atoms. The summed E-state index contributed by atoms with van der Waals surface area (Å²) in [6, 6.07) is 2.45. The summed E-state index contributed by atoms with van der Waals surface area (Å²) in [6.45, 7) is 0. The molecule has 0 aliphatic heterocycles. The summed E-state index contributed by atoms with van der Waals surface area (Å²) in [5, 5.41) is 8.44. The van der Waals surface area contributed by atoms with Gasteiger partial charge in [0.05, 0.1) is 10.2 Å². The Balaban J connectivity index is 3.51. The molecule has 0 aliphatic rings. The molecule has 0 saturated carbocycles. The molecule has 1 rings (SSSR count). The molecule has 3 nitrogen and oxygen atoms in total. The van der Waals surface area contributed by atoms with Crippen LogP contribution in [-0.2, 0) is 0 Å². The number of rotatable bonds is 1. The number of pyridine rings is 1. The molecule has 0 fully saturated rings. The average molecular weight is 249 g/mol. The number of halogens is 3. The molecule has 1 aromatic heterocycles. The summed E-state index contributed by atoms with van der Waals surface area (Å²) in [4.78, 5) is 13.3. The lowest BCUT2D eigenvalue weighted by Gasteiger charge is -2.01. The van der Waals surface area contributed by atoms with Crippen LogP contribution < -0.4 is 5.43 Å². The number of nitriles is 1. The van der Waals surface area contributed by atoms with Crippen molar-refractivity contribution >= 4 is 15.9 Å². The van der Waals surface area contributed by atoms with E-state index in [0.29, 0.717) is 0 Å². The summed E-state index contributed by atoms with van der Waals surface area (Å²) in [7, 11) is 0. The fourth-order valence-corrected chi connectivity index (χ4v) is 1.25. The Morgan fingerprint density at radius 2 is 2.23 bits per heavy atom. The van der Waals surface area contributed by atoms with E-state index < -0.39 is 23.1 Å². The number of nitrogens with one attached hydrogen (secondary N) is 1. The largest absolute Gasteiger partial charge is 0.340 e. The fraction of sp³-hybridized carbons (Fsp3) is 0.143. The van der Waals surface area contributed by atoms with E-state index in [1.165, 1.54) is 6.07 Å². The van der Waals surface area contributed by atoms with E-state index in [2.05, 4.69) is 20.9 Å². The van der Waals surface area contributed by atoms with Crippen molar-refractivity contribution in [1.82, 2.24) is 4.98 Å². The first kappa shape index (κ1) is 9.86. The lowest BCUT2D eigenvalue weighted by Crippen LogP contribution is -2.12. The second kappa shape index (κ2) is 3.66. The van der Waals surface area contributed by atoms with E-state index in [1.807, 2.05) is 0 Å². The molecular formula is C7H3BrF2N2O. The van der Waals surface area contributed by atoms with Crippen molar-refractivity contribution in [2.45, 2.75) is 6.43 Å². The van der Waals surface area contributed by atoms with Crippen LogP contribution in [0.25, 0.3) is 0 Å². The van der Waals surface area contributed by atoms with Gasteiger partial charge in [-0.2, -0.15) is 5.26 Å². The quantitative estimate of drug-likeness (QED) is 0.773. The molecule has 68 valence electrons. The number of H-pyrrole nitrogens is 1. The van der Waals surface area contributed by atoms with Crippen molar-refractivity contribution in [2.24, 2.45) is 0 Å². The molecule has 6 heteroatoms. The molecule has 0 aromatic carbocycles. The highest BCUT2D eigenvalue weighted by atomic mass is 79.9. The van der Waals surface area contributed by atoms with E-state index >= 15 is 0 Å². The number of hydrogen-bond donors (Lipinski definition) is 1. The van der Waals surface area contributed by atoms with Crippen LogP contribution in [-0.4, -0.2) is 4.98 Å². The minimum Gasteiger partial charge on any atom is -0.340 e. The highest BCUT2D eigenvalue weighted by molar-refractivity contribution is 9.10. The van der Waals surface area contributed by atoms with Gasteiger partial charge in [0.15, 0.2) is 5.43 Å².